The largest absolute Gasteiger partial charge is 0.497 e. The minimum absolute atomic E-state index is 0.102. The first kappa shape index (κ1) is 23.0. The predicted molar refractivity (Wildman–Crippen MR) is 118 cm³/mol. The Morgan fingerprint density at radius 2 is 1.62 bits per heavy atom. The van der Waals surface area contributed by atoms with Crippen molar-refractivity contribution in [3.05, 3.63) is 65.2 Å². The van der Waals surface area contributed by atoms with Crippen LogP contribution in [-0.4, -0.2) is 60.2 Å². The number of rotatable bonds is 9. The quantitative estimate of drug-likeness (QED) is 0.607. The third kappa shape index (κ3) is 4.80. The molecule has 0 bridgehead atoms. The summed E-state index contributed by atoms with van der Waals surface area (Å²) in [4.78, 5) is 52.9. The maximum absolute atomic E-state index is 13.0. The molecule has 1 aliphatic rings. The molecule has 1 aliphatic heterocycles. The van der Waals surface area contributed by atoms with Crippen LogP contribution in [0.5, 0.6) is 5.75 Å². The van der Waals surface area contributed by atoms with Crippen molar-refractivity contribution < 1.29 is 23.9 Å². The van der Waals surface area contributed by atoms with Crippen molar-refractivity contribution in [1.29, 1.82) is 0 Å². The molecular weight excluding hydrogens is 410 g/mol. The molecule has 8 nitrogen and oxygen atoms in total. The number of nitrogens with one attached hydrogen (secondary N) is 1. The molecule has 0 spiro atoms. The van der Waals surface area contributed by atoms with Crippen LogP contribution in [0.2, 0.25) is 0 Å². The number of amides is 4. The minimum atomic E-state index is -0.672. The summed E-state index contributed by atoms with van der Waals surface area (Å²) in [6.45, 7) is 2.07. The third-order valence-corrected chi connectivity index (χ3v) is 5.58. The zero-order valence-corrected chi connectivity index (χ0v) is 18.5. The number of benzene rings is 2. The van der Waals surface area contributed by atoms with Gasteiger partial charge in [0.25, 0.3) is 11.8 Å². The molecule has 0 aromatic heterocycles. The molecule has 0 unspecified atom stereocenters. The molecule has 2 aromatic carbocycles. The van der Waals surface area contributed by atoms with E-state index in [9.17, 15) is 19.2 Å². The van der Waals surface area contributed by atoms with E-state index in [1.807, 2.05) is 12.1 Å². The maximum Gasteiger partial charge on any atom is 0.261 e. The average molecular weight is 437 g/mol. The van der Waals surface area contributed by atoms with Gasteiger partial charge in [0.1, 0.15) is 11.8 Å². The fraction of sp³-hybridized carbons (Fsp3) is 0.333. The standard InChI is InChI=1S/C24H27N3O5/c1-16(22(29)25-2)27(15-17-10-12-18(32-3)13-11-17)21(28)9-6-14-26-23(30)19-7-4-5-8-20(19)24(26)31/h4-5,7-8,10-13,16H,6,9,14-15H2,1-3H3,(H,25,29)/t16-/m1/s1. The van der Waals surface area contributed by atoms with Gasteiger partial charge in [-0.2, -0.15) is 0 Å². The van der Waals surface area contributed by atoms with Gasteiger partial charge in [0.15, 0.2) is 0 Å². The fourth-order valence-electron chi connectivity index (χ4n) is 3.69. The van der Waals surface area contributed by atoms with E-state index < -0.39 is 6.04 Å². The lowest BCUT2D eigenvalue weighted by Crippen LogP contribution is -2.46. The highest BCUT2D eigenvalue weighted by molar-refractivity contribution is 6.21. The van der Waals surface area contributed by atoms with Crippen molar-refractivity contribution in [2.75, 3.05) is 20.7 Å². The number of methoxy groups -OCH3 is 1. The first-order chi connectivity index (χ1) is 15.4. The lowest BCUT2D eigenvalue weighted by atomic mass is 10.1. The maximum atomic E-state index is 13.0. The molecular formula is C24H27N3O5. The molecule has 0 saturated carbocycles. The summed E-state index contributed by atoms with van der Waals surface area (Å²) in [6.07, 6.45) is 0.411. The van der Waals surface area contributed by atoms with Crippen LogP contribution in [0, 0.1) is 0 Å². The Hall–Kier alpha value is -3.68. The molecule has 2 aromatic rings. The molecule has 0 aliphatic carbocycles. The highest BCUT2D eigenvalue weighted by Crippen LogP contribution is 2.23. The van der Waals surface area contributed by atoms with Gasteiger partial charge in [0.2, 0.25) is 11.8 Å². The van der Waals surface area contributed by atoms with Crippen LogP contribution in [0.1, 0.15) is 46.0 Å². The van der Waals surface area contributed by atoms with Crippen molar-refractivity contribution in [2.45, 2.75) is 32.4 Å². The van der Waals surface area contributed by atoms with Crippen molar-refractivity contribution in [1.82, 2.24) is 15.1 Å². The predicted octanol–water partition coefficient (Wildman–Crippen LogP) is 2.23. The molecule has 168 valence electrons. The lowest BCUT2D eigenvalue weighted by Gasteiger charge is -2.28. The topological polar surface area (TPSA) is 96.0 Å². The highest BCUT2D eigenvalue weighted by Gasteiger charge is 2.35. The molecule has 3 rings (SSSR count). The van der Waals surface area contributed by atoms with Gasteiger partial charge in [-0.1, -0.05) is 24.3 Å². The van der Waals surface area contributed by atoms with Gasteiger partial charge < -0.3 is 15.0 Å². The Morgan fingerprint density at radius 1 is 1.03 bits per heavy atom. The summed E-state index contributed by atoms with van der Waals surface area (Å²) in [7, 11) is 3.10. The van der Waals surface area contributed by atoms with E-state index in [4.69, 9.17) is 4.74 Å². The Kier molecular flexibility index (Phi) is 7.25. The lowest BCUT2D eigenvalue weighted by molar-refractivity contribution is -0.140. The van der Waals surface area contributed by atoms with Crippen molar-refractivity contribution in [3.8, 4) is 5.75 Å². The molecule has 8 heteroatoms. The summed E-state index contributed by atoms with van der Waals surface area (Å²) < 4.78 is 5.16. The Bertz CT molecular complexity index is 984. The average Bonchev–Trinajstić information content (AvgIpc) is 3.06. The van der Waals surface area contributed by atoms with Crippen LogP contribution in [-0.2, 0) is 16.1 Å². The summed E-state index contributed by atoms with van der Waals surface area (Å²) in [5, 5.41) is 2.58. The molecule has 32 heavy (non-hydrogen) atoms. The summed E-state index contributed by atoms with van der Waals surface area (Å²) in [6, 6.07) is 13.3. The second-order valence-electron chi connectivity index (χ2n) is 7.57. The smallest absolute Gasteiger partial charge is 0.261 e. The first-order valence-electron chi connectivity index (χ1n) is 10.5. The van der Waals surface area contributed by atoms with Crippen molar-refractivity contribution in [3.63, 3.8) is 0 Å². The molecule has 1 N–H and O–H groups in total. The van der Waals surface area contributed by atoms with E-state index in [1.54, 1.807) is 50.4 Å². The number of imide groups is 1. The molecule has 0 fully saturated rings. The van der Waals surface area contributed by atoms with E-state index >= 15 is 0 Å². The number of ether oxygens (including phenoxy) is 1. The summed E-state index contributed by atoms with van der Waals surface area (Å²) >= 11 is 0. The van der Waals surface area contributed by atoms with E-state index in [0.717, 1.165) is 5.56 Å². The van der Waals surface area contributed by atoms with Crippen LogP contribution in [0.25, 0.3) is 0 Å². The third-order valence-electron chi connectivity index (χ3n) is 5.58. The van der Waals surface area contributed by atoms with Gasteiger partial charge >= 0.3 is 0 Å². The Balaban J connectivity index is 1.65. The van der Waals surface area contributed by atoms with Crippen LogP contribution in [0.4, 0.5) is 0 Å². The minimum Gasteiger partial charge on any atom is -0.497 e. The van der Waals surface area contributed by atoms with E-state index in [0.29, 0.717) is 23.3 Å². The zero-order valence-electron chi connectivity index (χ0n) is 18.5. The number of carbonyl (C=O) groups excluding carboxylic acids is 4. The van der Waals surface area contributed by atoms with Crippen LogP contribution >= 0.6 is 0 Å². The zero-order chi connectivity index (χ0) is 23.3. The van der Waals surface area contributed by atoms with Crippen LogP contribution in [0.3, 0.4) is 0 Å². The van der Waals surface area contributed by atoms with Gasteiger partial charge in [0.05, 0.1) is 18.2 Å². The van der Waals surface area contributed by atoms with Crippen molar-refractivity contribution in [2.24, 2.45) is 0 Å². The number of fused-ring (bicyclic) bond motifs is 1. The first-order valence-corrected chi connectivity index (χ1v) is 10.5. The number of hydrogen-bond donors (Lipinski definition) is 1. The summed E-state index contributed by atoms with van der Waals surface area (Å²) in [5.41, 5.74) is 1.63. The van der Waals surface area contributed by atoms with Crippen LogP contribution < -0.4 is 10.1 Å². The Morgan fingerprint density at radius 3 is 2.16 bits per heavy atom. The normalized spacial score (nSPS) is 13.5. The molecule has 1 atom stereocenters. The number of carbonyl (C=O) groups is 4. The van der Waals surface area contributed by atoms with Gasteiger partial charge in [-0.15, -0.1) is 0 Å². The molecule has 0 saturated heterocycles. The second-order valence-corrected chi connectivity index (χ2v) is 7.57. The SMILES string of the molecule is CNC(=O)[C@@H](C)N(Cc1ccc(OC)cc1)C(=O)CCCN1C(=O)c2ccccc2C1=O. The number of hydrogen-bond acceptors (Lipinski definition) is 5. The molecule has 0 radical (unpaired) electrons. The summed E-state index contributed by atoms with van der Waals surface area (Å²) in [5.74, 6) is -0.480. The van der Waals surface area contributed by atoms with E-state index in [2.05, 4.69) is 5.32 Å². The molecule has 4 amide bonds. The van der Waals surface area contributed by atoms with Gasteiger partial charge in [0, 0.05) is 26.6 Å². The van der Waals surface area contributed by atoms with E-state index in [-0.39, 0.29) is 43.1 Å². The van der Waals surface area contributed by atoms with Gasteiger partial charge in [-0.3, -0.25) is 24.1 Å². The Labute approximate surface area is 187 Å². The monoisotopic (exact) mass is 437 g/mol. The number of likely N-dealkylation sites (N-methyl/N-ethyl adjacent to an activating group) is 1. The van der Waals surface area contributed by atoms with Crippen LogP contribution in [0.15, 0.2) is 48.5 Å². The van der Waals surface area contributed by atoms with Gasteiger partial charge in [-0.25, -0.2) is 0 Å². The highest BCUT2D eigenvalue weighted by atomic mass is 16.5. The second kappa shape index (κ2) is 10.1. The van der Waals surface area contributed by atoms with Crippen molar-refractivity contribution >= 4 is 23.6 Å². The number of nitrogens with zero attached hydrogens (tertiary/aromatic N) is 2. The van der Waals surface area contributed by atoms with Gasteiger partial charge in [-0.05, 0) is 43.2 Å². The van der Waals surface area contributed by atoms with E-state index in [1.165, 1.54) is 16.8 Å². The molecule has 1 heterocycles. The fourth-order valence-corrected chi connectivity index (χ4v) is 3.69.